The van der Waals surface area contributed by atoms with Gasteiger partial charge >= 0.3 is 5.97 Å². The van der Waals surface area contributed by atoms with Gasteiger partial charge in [0.05, 0.1) is 42.3 Å². The van der Waals surface area contributed by atoms with E-state index in [1.165, 1.54) is 50.3 Å². The first-order valence-electron chi connectivity index (χ1n) is 17.4. The topological polar surface area (TPSA) is 134 Å². The van der Waals surface area contributed by atoms with E-state index >= 15 is 0 Å². The van der Waals surface area contributed by atoms with E-state index in [0.717, 1.165) is 39.8 Å². The van der Waals surface area contributed by atoms with Crippen molar-refractivity contribution in [1.82, 2.24) is 34.4 Å². The molecule has 1 amide bonds. The number of carbonyl (C=O) groups excluding carboxylic acids is 1. The zero-order chi connectivity index (χ0) is 35.7. The van der Waals surface area contributed by atoms with Crippen LogP contribution in [0.5, 0.6) is 0 Å². The van der Waals surface area contributed by atoms with Crippen LogP contribution in [0.15, 0.2) is 128 Å². The molecule has 11 heteroatoms. The van der Waals surface area contributed by atoms with Crippen LogP contribution < -0.4 is 5.32 Å². The number of H-pyrrole nitrogens is 1. The van der Waals surface area contributed by atoms with Gasteiger partial charge in [0.15, 0.2) is 0 Å². The van der Waals surface area contributed by atoms with E-state index in [1.807, 2.05) is 66.9 Å². The number of carboxylic acid groups (broad SMARTS) is 1. The highest BCUT2D eigenvalue weighted by molar-refractivity contribution is 6.08. The minimum absolute atomic E-state index is 0.201. The summed E-state index contributed by atoms with van der Waals surface area (Å²) in [7, 11) is 0. The van der Waals surface area contributed by atoms with Crippen molar-refractivity contribution in [1.29, 1.82) is 0 Å². The van der Waals surface area contributed by atoms with E-state index in [0.29, 0.717) is 24.3 Å². The molecule has 0 spiro atoms. The molecule has 3 N–H and O–H groups in total. The van der Waals surface area contributed by atoms with Crippen LogP contribution in [0.3, 0.4) is 0 Å². The van der Waals surface area contributed by atoms with Crippen molar-refractivity contribution in [3.8, 4) is 11.1 Å². The summed E-state index contributed by atoms with van der Waals surface area (Å²) < 4.78 is 3.38. The third kappa shape index (κ3) is 8.69. The highest BCUT2D eigenvalue weighted by atomic mass is 16.4. The fraction of sp³-hybridized carbons (Fsp3) is 0.195. The molecule has 1 aliphatic heterocycles. The summed E-state index contributed by atoms with van der Waals surface area (Å²) in [4.78, 5) is 33.9. The first-order chi connectivity index (χ1) is 25.5. The fourth-order valence-electron chi connectivity index (χ4n) is 6.31. The number of pyridine rings is 1. The van der Waals surface area contributed by atoms with Crippen molar-refractivity contribution in [3.63, 3.8) is 0 Å². The second kappa shape index (κ2) is 16.1. The molecule has 0 radical (unpaired) electrons. The number of nitrogens with zero attached hydrogens (tertiary/aromatic N) is 6. The van der Waals surface area contributed by atoms with Crippen LogP contribution in [-0.4, -0.2) is 64.5 Å². The lowest BCUT2D eigenvalue weighted by Gasteiger charge is -2.26. The largest absolute Gasteiger partial charge is 0.478 e. The van der Waals surface area contributed by atoms with Crippen molar-refractivity contribution in [2.45, 2.75) is 38.9 Å². The van der Waals surface area contributed by atoms with Crippen LogP contribution in [0.2, 0.25) is 0 Å². The Morgan fingerprint density at radius 3 is 1.90 bits per heavy atom. The van der Waals surface area contributed by atoms with Gasteiger partial charge < -0.3 is 15.4 Å². The Hall–Kier alpha value is -6.33. The van der Waals surface area contributed by atoms with E-state index in [9.17, 15) is 9.59 Å². The van der Waals surface area contributed by atoms with Crippen molar-refractivity contribution in [2.75, 3.05) is 18.4 Å². The van der Waals surface area contributed by atoms with E-state index in [-0.39, 0.29) is 11.5 Å². The number of aromatic carboxylic acids is 1. The smallest absolute Gasteiger partial charge is 0.338 e. The first kappa shape index (κ1) is 34.1. The van der Waals surface area contributed by atoms with Gasteiger partial charge in [-0.15, -0.1) is 0 Å². The standard InChI is InChI=1S/C30H30N6O.C11H10N2O2/c37-30(26-17-33-36(21-26)20-22-7-3-1-4-8-22)34-28-18-32-29-27(28)15-25(16-31-29)24-11-9-23(10-12-24)19-35-13-5-2-6-14-35;14-11(15)10-6-12-13(8-10)7-9-4-2-1-3-5-9/h1,3-4,7-12,15-18,21H,2,5-6,13-14,19-20H2,(H,31,32)(H,34,37);1-6,8H,7H2,(H,14,15). The number of aromatic amines is 1. The van der Waals surface area contributed by atoms with Gasteiger partial charge in [-0.2, -0.15) is 10.2 Å². The van der Waals surface area contributed by atoms with Crippen LogP contribution in [0.25, 0.3) is 22.2 Å². The van der Waals surface area contributed by atoms with Gasteiger partial charge in [0, 0.05) is 42.3 Å². The van der Waals surface area contributed by atoms with Crippen molar-refractivity contribution < 1.29 is 14.7 Å². The predicted molar refractivity (Wildman–Crippen MR) is 201 cm³/mol. The molecule has 0 atom stereocenters. The quantitative estimate of drug-likeness (QED) is 0.137. The number of aromatic nitrogens is 6. The number of rotatable bonds is 10. The van der Waals surface area contributed by atoms with Gasteiger partial charge in [-0.05, 0) is 54.3 Å². The Morgan fingerprint density at radius 2 is 1.29 bits per heavy atom. The van der Waals surface area contributed by atoms with Crippen LogP contribution in [0.4, 0.5) is 5.69 Å². The van der Waals surface area contributed by atoms with Crippen LogP contribution in [-0.2, 0) is 19.6 Å². The highest BCUT2D eigenvalue weighted by Crippen LogP contribution is 2.28. The second-order valence-corrected chi connectivity index (χ2v) is 12.9. The molecule has 5 heterocycles. The maximum absolute atomic E-state index is 13.0. The Bertz CT molecular complexity index is 2230. The van der Waals surface area contributed by atoms with Crippen LogP contribution in [0, 0.1) is 0 Å². The lowest BCUT2D eigenvalue weighted by Crippen LogP contribution is -2.28. The maximum atomic E-state index is 13.0. The van der Waals surface area contributed by atoms with Gasteiger partial charge in [0.1, 0.15) is 5.65 Å². The molecule has 0 aliphatic carbocycles. The Labute approximate surface area is 301 Å². The summed E-state index contributed by atoms with van der Waals surface area (Å²) in [5.41, 5.74) is 7.85. The number of carbonyl (C=O) groups is 2. The summed E-state index contributed by atoms with van der Waals surface area (Å²) in [5, 5.41) is 20.9. The van der Waals surface area contributed by atoms with E-state index in [1.54, 1.807) is 28.0 Å². The average molecular weight is 693 g/mol. The number of benzene rings is 3. The highest BCUT2D eigenvalue weighted by Gasteiger charge is 2.15. The van der Waals surface area contributed by atoms with Gasteiger partial charge in [-0.25, -0.2) is 9.78 Å². The lowest BCUT2D eigenvalue weighted by molar-refractivity contribution is 0.0696. The molecule has 1 aliphatic rings. The second-order valence-electron chi connectivity index (χ2n) is 12.9. The minimum atomic E-state index is -0.950. The molecule has 7 aromatic rings. The van der Waals surface area contributed by atoms with Gasteiger partial charge in [0.2, 0.25) is 0 Å². The number of fused-ring (bicyclic) bond motifs is 1. The third-order valence-corrected chi connectivity index (χ3v) is 9.07. The maximum Gasteiger partial charge on any atom is 0.338 e. The number of nitrogens with one attached hydrogen (secondary N) is 2. The summed E-state index contributed by atoms with van der Waals surface area (Å²) in [6.07, 6.45) is 13.9. The zero-order valence-electron chi connectivity index (χ0n) is 28.7. The molecule has 262 valence electrons. The monoisotopic (exact) mass is 692 g/mol. The van der Waals surface area contributed by atoms with Crippen LogP contribution in [0.1, 0.15) is 56.7 Å². The number of hydrogen-bond acceptors (Lipinski definition) is 6. The Kier molecular flexibility index (Phi) is 10.6. The molecule has 1 fully saturated rings. The van der Waals surface area contributed by atoms with E-state index in [4.69, 9.17) is 5.11 Å². The Balaban J connectivity index is 0.000000234. The SMILES string of the molecule is O=C(Nc1c[nH]c2ncc(-c3ccc(CN4CCCCC4)cc3)cc12)c1cnn(Cc2ccccc2)c1.O=C(O)c1cnn(Cc2ccccc2)c1. The summed E-state index contributed by atoms with van der Waals surface area (Å²) in [6, 6.07) is 30.6. The average Bonchev–Trinajstić information content (AvgIpc) is 3.94. The van der Waals surface area contributed by atoms with Gasteiger partial charge in [-0.3, -0.25) is 19.1 Å². The molecule has 3 aromatic carbocycles. The molecule has 8 rings (SSSR count). The fourth-order valence-corrected chi connectivity index (χ4v) is 6.31. The van der Waals surface area contributed by atoms with Gasteiger partial charge in [-0.1, -0.05) is 91.3 Å². The summed E-state index contributed by atoms with van der Waals surface area (Å²) in [6.45, 7) is 4.60. The molecule has 1 saturated heterocycles. The number of carboxylic acids is 1. The number of piperidine rings is 1. The van der Waals surface area contributed by atoms with E-state index in [2.05, 4.69) is 60.7 Å². The van der Waals surface area contributed by atoms with Crippen molar-refractivity contribution in [3.05, 3.63) is 156 Å². The Morgan fingerprint density at radius 1 is 0.692 bits per heavy atom. The molecule has 52 heavy (non-hydrogen) atoms. The van der Waals surface area contributed by atoms with Crippen molar-refractivity contribution >= 4 is 28.6 Å². The molecular formula is C41H40N8O3. The number of hydrogen-bond donors (Lipinski definition) is 3. The molecule has 0 unspecified atom stereocenters. The van der Waals surface area contributed by atoms with Gasteiger partial charge in [0.25, 0.3) is 5.91 Å². The minimum Gasteiger partial charge on any atom is -0.478 e. The molecular weight excluding hydrogens is 653 g/mol. The summed E-state index contributed by atoms with van der Waals surface area (Å²) in [5.74, 6) is -1.15. The summed E-state index contributed by atoms with van der Waals surface area (Å²) >= 11 is 0. The number of likely N-dealkylation sites (tertiary alicyclic amines) is 1. The third-order valence-electron chi connectivity index (χ3n) is 9.07. The molecule has 11 nitrogen and oxygen atoms in total. The normalized spacial score (nSPS) is 13.0. The lowest BCUT2D eigenvalue weighted by atomic mass is 10.0. The van der Waals surface area contributed by atoms with Crippen LogP contribution >= 0.6 is 0 Å². The van der Waals surface area contributed by atoms with Crippen molar-refractivity contribution in [2.24, 2.45) is 0 Å². The zero-order valence-corrected chi connectivity index (χ0v) is 28.7. The number of amides is 1. The predicted octanol–water partition coefficient (Wildman–Crippen LogP) is 7.34. The first-order valence-corrected chi connectivity index (χ1v) is 17.4. The number of anilines is 1. The van der Waals surface area contributed by atoms with E-state index < -0.39 is 5.97 Å². The molecule has 0 saturated carbocycles. The molecule has 4 aromatic heterocycles. The molecule has 0 bridgehead atoms.